The van der Waals surface area contributed by atoms with Gasteiger partial charge in [0.05, 0.1) is 0 Å². The van der Waals surface area contributed by atoms with Gasteiger partial charge in [-0.1, -0.05) is 51.8 Å². The number of anilines is 1. The first kappa shape index (κ1) is 25.0. The number of nitrogens with one attached hydrogen (secondary N) is 2. The van der Waals surface area contributed by atoms with Crippen molar-refractivity contribution in [3.05, 3.63) is 64.1 Å². The Hall–Kier alpha value is -3.09. The van der Waals surface area contributed by atoms with E-state index in [-0.39, 0.29) is 35.3 Å². The number of aromatic nitrogens is 1. The van der Waals surface area contributed by atoms with E-state index in [9.17, 15) is 14.4 Å². The van der Waals surface area contributed by atoms with Gasteiger partial charge < -0.3 is 20.1 Å². The first-order chi connectivity index (χ1) is 16.9. The fourth-order valence-electron chi connectivity index (χ4n) is 5.34. The Morgan fingerprint density at radius 2 is 1.83 bits per heavy atom. The van der Waals surface area contributed by atoms with Gasteiger partial charge in [0.15, 0.2) is 0 Å². The number of carbonyl (C=O) groups is 2. The summed E-state index contributed by atoms with van der Waals surface area (Å²) in [6.07, 6.45) is 5.09. The van der Waals surface area contributed by atoms with Gasteiger partial charge in [-0.2, -0.15) is 0 Å². The first-order valence-electron chi connectivity index (χ1n) is 13.0. The Bertz CT molecular complexity index is 1090. The molecule has 4 rings (SSSR count). The van der Waals surface area contributed by atoms with Crippen molar-refractivity contribution < 1.29 is 9.59 Å². The van der Waals surface area contributed by atoms with Crippen LogP contribution in [0.25, 0.3) is 0 Å². The van der Waals surface area contributed by atoms with E-state index in [0.717, 1.165) is 43.5 Å². The monoisotopic (exact) mass is 478 g/mol. The summed E-state index contributed by atoms with van der Waals surface area (Å²) in [4.78, 5) is 40.6. The average Bonchev–Trinajstić information content (AvgIpc) is 2.86. The molecule has 0 spiro atoms. The molecule has 0 unspecified atom stereocenters. The number of unbranched alkanes of at least 4 members (excludes halogenated alkanes) is 1. The Labute approximate surface area is 207 Å². The highest BCUT2D eigenvalue weighted by Gasteiger charge is 2.37. The normalized spacial score (nSPS) is 20.5. The standard InChI is InChI=1S/C28H38N4O3/c1-4-6-8-20-11-13-23(14-12-20)29-27(34)26(19(3)5-2)30-28(35)31-16-21-15-22(18-31)24-9-7-10-25(33)32(24)17-21/h7,9-14,19,21-22,26H,4-6,8,15-18H2,1-3H3,(H,29,34)(H,30,35)/t19-,21+,22-,26-/m0/s1. The molecule has 0 saturated carbocycles. The maximum atomic E-state index is 13.3. The van der Waals surface area contributed by atoms with Crippen LogP contribution in [-0.4, -0.2) is 40.5 Å². The summed E-state index contributed by atoms with van der Waals surface area (Å²) >= 11 is 0. The minimum Gasteiger partial charge on any atom is -0.326 e. The van der Waals surface area contributed by atoms with E-state index >= 15 is 0 Å². The van der Waals surface area contributed by atoms with Crippen LogP contribution in [0.15, 0.2) is 47.3 Å². The molecule has 2 aliphatic heterocycles. The van der Waals surface area contributed by atoms with Gasteiger partial charge in [0.25, 0.3) is 5.56 Å². The highest BCUT2D eigenvalue weighted by Crippen LogP contribution is 2.35. The highest BCUT2D eigenvalue weighted by molar-refractivity contribution is 5.97. The Morgan fingerprint density at radius 1 is 1.06 bits per heavy atom. The summed E-state index contributed by atoms with van der Waals surface area (Å²) in [5.74, 6) is 0.188. The minimum absolute atomic E-state index is 0.00799. The van der Waals surface area contributed by atoms with E-state index in [0.29, 0.717) is 19.6 Å². The third-order valence-corrected chi connectivity index (χ3v) is 7.58. The Kier molecular flexibility index (Phi) is 7.93. The minimum atomic E-state index is -0.621. The fraction of sp³-hybridized carbons (Fsp3) is 0.536. The zero-order chi connectivity index (χ0) is 24.9. The second-order valence-electron chi connectivity index (χ2n) is 10.2. The predicted octanol–water partition coefficient (Wildman–Crippen LogP) is 4.37. The second-order valence-corrected chi connectivity index (χ2v) is 10.2. The largest absolute Gasteiger partial charge is 0.326 e. The van der Waals surface area contributed by atoms with Gasteiger partial charge in [0.2, 0.25) is 5.91 Å². The van der Waals surface area contributed by atoms with Crippen LogP contribution >= 0.6 is 0 Å². The molecule has 0 radical (unpaired) electrons. The lowest BCUT2D eigenvalue weighted by molar-refractivity contribution is -0.119. The lowest BCUT2D eigenvalue weighted by Gasteiger charge is -2.43. The molecule has 1 aromatic heterocycles. The van der Waals surface area contributed by atoms with Crippen molar-refractivity contribution in [3.8, 4) is 0 Å². The molecule has 0 aliphatic carbocycles. The van der Waals surface area contributed by atoms with Crippen molar-refractivity contribution in [2.45, 2.75) is 71.4 Å². The van der Waals surface area contributed by atoms with Crippen molar-refractivity contribution in [2.24, 2.45) is 11.8 Å². The molecule has 3 heterocycles. The number of nitrogens with zero attached hydrogens (tertiary/aromatic N) is 2. The summed E-state index contributed by atoms with van der Waals surface area (Å²) in [6.45, 7) is 7.98. The summed E-state index contributed by atoms with van der Waals surface area (Å²) in [5.41, 5.74) is 3.04. The van der Waals surface area contributed by atoms with Crippen LogP contribution in [0.2, 0.25) is 0 Å². The number of rotatable bonds is 8. The van der Waals surface area contributed by atoms with Crippen LogP contribution in [0, 0.1) is 11.8 Å². The molecular formula is C28H38N4O3. The van der Waals surface area contributed by atoms with Gasteiger partial charge in [-0.05, 0) is 54.9 Å². The third kappa shape index (κ3) is 5.77. The van der Waals surface area contributed by atoms with Crippen LogP contribution in [-0.2, 0) is 17.8 Å². The van der Waals surface area contributed by atoms with E-state index in [2.05, 4.69) is 29.7 Å². The van der Waals surface area contributed by atoms with E-state index in [1.165, 1.54) is 5.56 Å². The van der Waals surface area contributed by atoms with E-state index in [4.69, 9.17) is 0 Å². The lowest BCUT2D eigenvalue weighted by Crippen LogP contribution is -2.56. The highest BCUT2D eigenvalue weighted by atomic mass is 16.2. The number of hydrogen-bond acceptors (Lipinski definition) is 3. The molecule has 35 heavy (non-hydrogen) atoms. The van der Waals surface area contributed by atoms with Crippen LogP contribution in [0.1, 0.15) is 63.6 Å². The molecule has 1 aromatic carbocycles. The summed E-state index contributed by atoms with van der Waals surface area (Å²) < 4.78 is 1.86. The number of aryl methyl sites for hydroxylation is 1. The molecule has 3 amide bonds. The molecule has 7 nitrogen and oxygen atoms in total. The number of hydrogen-bond donors (Lipinski definition) is 2. The van der Waals surface area contributed by atoms with Gasteiger partial charge in [0, 0.05) is 43.0 Å². The SMILES string of the molecule is CCCCc1ccc(NC(=O)[C@@H](NC(=O)N2C[C@H]3C[C@@H](C2)c2cccc(=O)n2C3)[C@@H](C)CC)cc1. The molecule has 2 aliphatic rings. The predicted molar refractivity (Wildman–Crippen MR) is 139 cm³/mol. The van der Waals surface area contributed by atoms with Crippen LogP contribution < -0.4 is 16.2 Å². The van der Waals surface area contributed by atoms with Crippen molar-refractivity contribution in [1.82, 2.24) is 14.8 Å². The van der Waals surface area contributed by atoms with Gasteiger partial charge in [-0.15, -0.1) is 0 Å². The molecule has 7 heteroatoms. The first-order valence-corrected chi connectivity index (χ1v) is 13.0. The van der Waals surface area contributed by atoms with Crippen molar-refractivity contribution >= 4 is 17.6 Å². The molecule has 188 valence electrons. The van der Waals surface area contributed by atoms with Gasteiger partial charge >= 0.3 is 6.03 Å². The molecule has 1 fully saturated rings. The number of piperidine rings is 1. The summed E-state index contributed by atoms with van der Waals surface area (Å²) in [7, 11) is 0. The van der Waals surface area contributed by atoms with E-state index in [1.807, 2.05) is 41.5 Å². The van der Waals surface area contributed by atoms with Crippen LogP contribution in [0.3, 0.4) is 0 Å². The van der Waals surface area contributed by atoms with Crippen molar-refractivity contribution in [1.29, 1.82) is 0 Å². The number of likely N-dealkylation sites (tertiary alicyclic amines) is 1. The molecule has 2 aromatic rings. The number of amides is 3. The molecule has 4 atom stereocenters. The number of pyridine rings is 1. The zero-order valence-corrected chi connectivity index (χ0v) is 21.1. The van der Waals surface area contributed by atoms with E-state index < -0.39 is 6.04 Å². The van der Waals surface area contributed by atoms with E-state index in [1.54, 1.807) is 12.1 Å². The third-order valence-electron chi connectivity index (χ3n) is 7.58. The molecule has 1 saturated heterocycles. The average molecular weight is 479 g/mol. The van der Waals surface area contributed by atoms with Crippen molar-refractivity contribution in [2.75, 3.05) is 18.4 Å². The Morgan fingerprint density at radius 3 is 2.54 bits per heavy atom. The maximum absolute atomic E-state index is 13.3. The maximum Gasteiger partial charge on any atom is 0.318 e. The number of carbonyl (C=O) groups excluding carboxylic acids is 2. The smallest absolute Gasteiger partial charge is 0.318 e. The second kappa shape index (κ2) is 11.1. The Balaban J connectivity index is 1.42. The summed E-state index contributed by atoms with van der Waals surface area (Å²) in [6, 6.07) is 12.5. The number of fused-ring (bicyclic) bond motifs is 4. The van der Waals surface area contributed by atoms with Gasteiger partial charge in [-0.25, -0.2) is 4.79 Å². The van der Waals surface area contributed by atoms with Gasteiger partial charge in [0.1, 0.15) is 6.04 Å². The summed E-state index contributed by atoms with van der Waals surface area (Å²) in [5, 5.41) is 6.03. The van der Waals surface area contributed by atoms with Crippen LogP contribution in [0.5, 0.6) is 0 Å². The lowest BCUT2D eigenvalue weighted by atomic mass is 9.83. The van der Waals surface area contributed by atoms with Crippen LogP contribution in [0.4, 0.5) is 10.5 Å². The molecule has 2 bridgehead atoms. The fourth-order valence-corrected chi connectivity index (χ4v) is 5.34. The molecule has 2 N–H and O–H groups in total. The topological polar surface area (TPSA) is 83.4 Å². The van der Waals surface area contributed by atoms with Gasteiger partial charge in [-0.3, -0.25) is 9.59 Å². The zero-order valence-electron chi connectivity index (χ0n) is 21.1. The number of benzene rings is 1. The van der Waals surface area contributed by atoms with Crippen molar-refractivity contribution in [3.63, 3.8) is 0 Å². The quantitative estimate of drug-likeness (QED) is 0.591. The molecular weight excluding hydrogens is 440 g/mol. The number of urea groups is 1.